The molecule has 0 spiro atoms. The lowest BCUT2D eigenvalue weighted by molar-refractivity contribution is -0.143. The molecule has 2 aliphatic rings. The molecule has 1 aliphatic heterocycles. The Morgan fingerprint density at radius 3 is 2.48 bits per heavy atom. The first-order valence-corrected chi connectivity index (χ1v) is 9.20. The highest BCUT2D eigenvalue weighted by atomic mass is 35.5. The van der Waals surface area contributed by atoms with Crippen LogP contribution in [0.2, 0.25) is 5.02 Å². The predicted molar refractivity (Wildman–Crippen MR) is 98.0 cm³/mol. The summed E-state index contributed by atoms with van der Waals surface area (Å²) in [5, 5.41) is 3.47. The van der Waals surface area contributed by atoms with Crippen LogP contribution >= 0.6 is 11.6 Å². The van der Waals surface area contributed by atoms with E-state index in [1.54, 1.807) is 12.1 Å². The van der Waals surface area contributed by atoms with Gasteiger partial charge in [0.1, 0.15) is 11.2 Å². The van der Waals surface area contributed by atoms with Crippen molar-refractivity contribution in [1.29, 1.82) is 0 Å². The number of rotatable bonds is 4. The summed E-state index contributed by atoms with van der Waals surface area (Å²) in [6.45, 7) is 5.57. The maximum Gasteiger partial charge on any atom is 0.240 e. The van der Waals surface area contributed by atoms with Crippen LogP contribution in [0.1, 0.15) is 38.2 Å². The van der Waals surface area contributed by atoms with Crippen molar-refractivity contribution in [1.82, 2.24) is 4.90 Å². The first-order valence-electron chi connectivity index (χ1n) is 8.82. The van der Waals surface area contributed by atoms with E-state index >= 15 is 0 Å². The summed E-state index contributed by atoms with van der Waals surface area (Å²) in [6.07, 6.45) is 3.23. The summed E-state index contributed by atoms with van der Waals surface area (Å²) in [7, 11) is 1.53. The highest BCUT2D eigenvalue weighted by molar-refractivity contribution is 6.31. The average molecular weight is 365 g/mol. The fourth-order valence-electron chi connectivity index (χ4n) is 3.35. The number of nitrogens with zero attached hydrogens (tertiary/aromatic N) is 1. The molecule has 1 saturated carbocycles. The Morgan fingerprint density at radius 1 is 1.28 bits per heavy atom. The molecule has 1 N–H and O–H groups in total. The number of aryl methyl sites for hydroxylation is 1. The Hall–Kier alpha value is -1.75. The highest BCUT2D eigenvalue weighted by Crippen LogP contribution is 2.49. The summed E-state index contributed by atoms with van der Waals surface area (Å²) >= 11 is 6.11. The van der Waals surface area contributed by atoms with Gasteiger partial charge >= 0.3 is 0 Å². The van der Waals surface area contributed by atoms with Crippen LogP contribution in [0.3, 0.4) is 0 Å². The van der Waals surface area contributed by atoms with E-state index in [1.807, 2.05) is 11.8 Å². The first-order chi connectivity index (χ1) is 11.9. The van der Waals surface area contributed by atoms with Crippen LogP contribution in [-0.4, -0.2) is 36.9 Å². The quantitative estimate of drug-likeness (QED) is 0.830. The van der Waals surface area contributed by atoms with Crippen molar-refractivity contribution in [3.63, 3.8) is 0 Å². The van der Waals surface area contributed by atoms with Crippen LogP contribution in [0, 0.1) is 18.3 Å². The highest BCUT2D eigenvalue weighted by Gasteiger charge is 2.58. The van der Waals surface area contributed by atoms with Gasteiger partial charge in [-0.05, 0) is 50.2 Å². The van der Waals surface area contributed by atoms with E-state index in [9.17, 15) is 9.59 Å². The molecule has 5 nitrogen and oxygen atoms in total. The zero-order chi connectivity index (χ0) is 18.2. The van der Waals surface area contributed by atoms with Gasteiger partial charge in [0.25, 0.3) is 0 Å². The number of benzene rings is 1. The van der Waals surface area contributed by atoms with Crippen molar-refractivity contribution in [3.05, 3.63) is 22.7 Å². The van der Waals surface area contributed by atoms with E-state index in [0.29, 0.717) is 35.2 Å². The standard InChI is InChI=1S/C19H25ClN2O3/c1-12-4-8-22(9-5-12)18(24)19(6-7-19)17(23)21-15-10-13(2)14(20)11-16(15)25-3/h10-12H,4-9H2,1-3H3,(H,21,23). The predicted octanol–water partition coefficient (Wildman–Crippen LogP) is 3.63. The number of ether oxygens (including phenoxy) is 1. The Bertz CT molecular complexity index is 692. The average Bonchev–Trinajstić information content (AvgIpc) is 3.40. The van der Waals surface area contributed by atoms with Gasteiger partial charge in [-0.3, -0.25) is 9.59 Å². The number of methoxy groups -OCH3 is 1. The van der Waals surface area contributed by atoms with E-state index in [2.05, 4.69) is 12.2 Å². The molecule has 1 aromatic carbocycles. The number of carbonyl (C=O) groups excluding carboxylic acids is 2. The van der Waals surface area contributed by atoms with E-state index in [1.165, 1.54) is 7.11 Å². The number of hydrogen-bond donors (Lipinski definition) is 1. The second kappa shape index (κ2) is 6.87. The largest absolute Gasteiger partial charge is 0.495 e. The lowest BCUT2D eigenvalue weighted by atomic mass is 9.96. The summed E-state index contributed by atoms with van der Waals surface area (Å²) in [5.41, 5.74) is 0.499. The molecule has 136 valence electrons. The van der Waals surface area contributed by atoms with Crippen molar-refractivity contribution in [2.75, 3.05) is 25.5 Å². The lowest BCUT2D eigenvalue weighted by Crippen LogP contribution is -2.46. The number of carbonyl (C=O) groups is 2. The SMILES string of the molecule is COc1cc(Cl)c(C)cc1NC(=O)C1(C(=O)N2CCC(C)CC2)CC1. The number of halogens is 1. The Morgan fingerprint density at radius 2 is 1.92 bits per heavy atom. The van der Waals surface area contributed by atoms with Gasteiger partial charge in [0, 0.05) is 24.2 Å². The maximum absolute atomic E-state index is 12.9. The molecule has 1 saturated heterocycles. The molecule has 2 fully saturated rings. The van der Waals surface area contributed by atoms with Gasteiger partial charge < -0.3 is 15.0 Å². The van der Waals surface area contributed by atoms with Crippen molar-refractivity contribution in [2.24, 2.45) is 11.3 Å². The van der Waals surface area contributed by atoms with E-state index in [-0.39, 0.29) is 11.8 Å². The zero-order valence-corrected chi connectivity index (χ0v) is 15.8. The molecule has 2 amide bonds. The van der Waals surface area contributed by atoms with Crippen molar-refractivity contribution in [2.45, 2.75) is 39.5 Å². The van der Waals surface area contributed by atoms with Gasteiger partial charge in [-0.2, -0.15) is 0 Å². The molecule has 1 heterocycles. The maximum atomic E-state index is 12.9. The smallest absolute Gasteiger partial charge is 0.240 e. The molecule has 0 unspecified atom stereocenters. The van der Waals surface area contributed by atoms with Crippen LogP contribution in [0.25, 0.3) is 0 Å². The summed E-state index contributed by atoms with van der Waals surface area (Å²) in [4.78, 5) is 27.6. The third kappa shape index (κ3) is 3.47. The number of amides is 2. The minimum Gasteiger partial charge on any atom is -0.495 e. The van der Waals surface area contributed by atoms with Gasteiger partial charge in [0.05, 0.1) is 12.8 Å². The summed E-state index contributed by atoms with van der Waals surface area (Å²) in [6, 6.07) is 3.46. The molecule has 0 aromatic heterocycles. The topological polar surface area (TPSA) is 58.6 Å². The fourth-order valence-corrected chi connectivity index (χ4v) is 3.50. The zero-order valence-electron chi connectivity index (χ0n) is 15.0. The Kier molecular flexibility index (Phi) is 4.96. The fraction of sp³-hybridized carbons (Fsp3) is 0.579. The van der Waals surface area contributed by atoms with Gasteiger partial charge in [0.2, 0.25) is 11.8 Å². The number of piperidine rings is 1. The van der Waals surface area contributed by atoms with Crippen LogP contribution in [0.4, 0.5) is 5.69 Å². The molecule has 0 atom stereocenters. The van der Waals surface area contributed by atoms with E-state index in [0.717, 1.165) is 31.5 Å². The van der Waals surface area contributed by atoms with Crippen LogP contribution in [0.15, 0.2) is 12.1 Å². The van der Waals surface area contributed by atoms with Crippen molar-refractivity contribution in [3.8, 4) is 5.75 Å². The molecule has 0 radical (unpaired) electrons. The first kappa shape index (κ1) is 18.1. The molecule has 1 aromatic rings. The summed E-state index contributed by atoms with van der Waals surface area (Å²) in [5.74, 6) is 0.881. The van der Waals surface area contributed by atoms with E-state index in [4.69, 9.17) is 16.3 Å². The number of likely N-dealkylation sites (tertiary alicyclic amines) is 1. The molecule has 1 aliphatic carbocycles. The Labute approximate surface area is 153 Å². The monoisotopic (exact) mass is 364 g/mol. The lowest BCUT2D eigenvalue weighted by Gasteiger charge is -2.32. The van der Waals surface area contributed by atoms with Crippen LogP contribution < -0.4 is 10.1 Å². The third-order valence-corrected chi connectivity index (χ3v) is 5.80. The van der Waals surface area contributed by atoms with Crippen LogP contribution in [-0.2, 0) is 9.59 Å². The van der Waals surface area contributed by atoms with Gasteiger partial charge in [-0.15, -0.1) is 0 Å². The van der Waals surface area contributed by atoms with E-state index < -0.39 is 5.41 Å². The summed E-state index contributed by atoms with van der Waals surface area (Å²) < 4.78 is 5.31. The Balaban J connectivity index is 1.75. The van der Waals surface area contributed by atoms with Crippen molar-refractivity contribution >= 4 is 29.1 Å². The minimum atomic E-state index is -0.904. The molecular formula is C19H25ClN2O3. The molecule has 0 bridgehead atoms. The molecular weight excluding hydrogens is 340 g/mol. The van der Waals surface area contributed by atoms with Gasteiger partial charge in [0.15, 0.2) is 0 Å². The van der Waals surface area contributed by atoms with Crippen LogP contribution in [0.5, 0.6) is 5.75 Å². The molecule has 6 heteroatoms. The molecule has 3 rings (SSSR count). The molecule has 25 heavy (non-hydrogen) atoms. The second-order valence-corrected chi connectivity index (χ2v) is 7.72. The number of anilines is 1. The second-order valence-electron chi connectivity index (χ2n) is 7.31. The third-order valence-electron chi connectivity index (χ3n) is 5.39. The normalized spacial score (nSPS) is 19.4. The number of hydrogen-bond acceptors (Lipinski definition) is 3. The van der Waals surface area contributed by atoms with Gasteiger partial charge in [-0.1, -0.05) is 18.5 Å². The van der Waals surface area contributed by atoms with Gasteiger partial charge in [-0.25, -0.2) is 0 Å². The van der Waals surface area contributed by atoms with Crippen molar-refractivity contribution < 1.29 is 14.3 Å². The minimum absolute atomic E-state index is 0.0263. The number of nitrogens with one attached hydrogen (secondary N) is 1.